The van der Waals surface area contributed by atoms with E-state index < -0.39 is 5.97 Å². The summed E-state index contributed by atoms with van der Waals surface area (Å²) in [4.78, 5) is 24.7. The van der Waals surface area contributed by atoms with Crippen LogP contribution in [0.25, 0.3) is 0 Å². The zero-order valence-corrected chi connectivity index (χ0v) is 13.9. The van der Waals surface area contributed by atoms with Crippen LogP contribution >= 0.6 is 15.9 Å². The molecule has 1 aromatic rings. The third-order valence-corrected chi connectivity index (χ3v) is 4.14. The minimum Gasteiger partial charge on any atom is -0.480 e. The van der Waals surface area contributed by atoms with Gasteiger partial charge in [-0.05, 0) is 37.0 Å². The van der Waals surface area contributed by atoms with Gasteiger partial charge in [-0.2, -0.15) is 0 Å². The molecule has 1 atom stereocenters. The number of halogens is 1. The minimum absolute atomic E-state index is 0.140. The Morgan fingerprint density at radius 3 is 2.86 bits per heavy atom. The SMILES string of the molecule is O=C(O)CN(Cc1cccc(Br)c1)C(=O)CCC1CCCO1. The molecule has 5 nitrogen and oxygen atoms in total. The fourth-order valence-corrected chi connectivity index (χ4v) is 3.01. The second kappa shape index (κ2) is 8.29. The van der Waals surface area contributed by atoms with Gasteiger partial charge in [-0.3, -0.25) is 9.59 Å². The normalized spacial score (nSPS) is 17.4. The molecule has 6 heteroatoms. The molecular formula is C16H20BrNO4. The van der Waals surface area contributed by atoms with Crippen LogP contribution in [0.1, 0.15) is 31.2 Å². The summed E-state index contributed by atoms with van der Waals surface area (Å²) in [5.74, 6) is -1.14. The lowest BCUT2D eigenvalue weighted by molar-refractivity contribution is -0.145. The van der Waals surface area contributed by atoms with E-state index in [0.29, 0.717) is 19.4 Å². The van der Waals surface area contributed by atoms with Crippen molar-refractivity contribution in [1.29, 1.82) is 0 Å². The van der Waals surface area contributed by atoms with Gasteiger partial charge in [-0.15, -0.1) is 0 Å². The van der Waals surface area contributed by atoms with Crippen LogP contribution in [0.15, 0.2) is 28.7 Å². The lowest BCUT2D eigenvalue weighted by atomic mass is 10.1. The van der Waals surface area contributed by atoms with E-state index in [1.165, 1.54) is 4.90 Å². The van der Waals surface area contributed by atoms with E-state index in [-0.39, 0.29) is 18.6 Å². The third-order valence-electron chi connectivity index (χ3n) is 3.65. The van der Waals surface area contributed by atoms with Gasteiger partial charge in [-0.25, -0.2) is 0 Å². The summed E-state index contributed by atoms with van der Waals surface area (Å²) in [5, 5.41) is 9.02. The Bertz CT molecular complexity index is 529. The van der Waals surface area contributed by atoms with Crippen LogP contribution < -0.4 is 0 Å². The van der Waals surface area contributed by atoms with Crippen molar-refractivity contribution < 1.29 is 19.4 Å². The monoisotopic (exact) mass is 369 g/mol. The number of ether oxygens (including phenoxy) is 1. The first kappa shape index (κ1) is 17.0. The lowest BCUT2D eigenvalue weighted by Gasteiger charge is -2.21. The molecule has 120 valence electrons. The van der Waals surface area contributed by atoms with Gasteiger partial charge in [0, 0.05) is 24.0 Å². The van der Waals surface area contributed by atoms with Crippen molar-refractivity contribution >= 4 is 27.8 Å². The van der Waals surface area contributed by atoms with Crippen molar-refractivity contribution in [2.24, 2.45) is 0 Å². The summed E-state index contributed by atoms with van der Waals surface area (Å²) in [6, 6.07) is 7.54. The summed E-state index contributed by atoms with van der Waals surface area (Å²) < 4.78 is 6.41. The molecule has 2 rings (SSSR count). The molecule has 1 amide bonds. The average molecular weight is 370 g/mol. The Kier molecular flexibility index (Phi) is 6.39. The molecule has 1 aliphatic heterocycles. The van der Waals surface area contributed by atoms with Crippen molar-refractivity contribution in [2.75, 3.05) is 13.2 Å². The Hall–Kier alpha value is -1.40. The molecule has 1 aromatic carbocycles. The molecule has 0 saturated carbocycles. The van der Waals surface area contributed by atoms with Gasteiger partial charge in [0.1, 0.15) is 6.54 Å². The number of carbonyl (C=O) groups excluding carboxylic acids is 1. The first-order valence-corrected chi connectivity index (χ1v) is 8.19. The van der Waals surface area contributed by atoms with E-state index in [4.69, 9.17) is 9.84 Å². The predicted molar refractivity (Wildman–Crippen MR) is 85.4 cm³/mol. The van der Waals surface area contributed by atoms with Crippen LogP contribution in [-0.2, 0) is 20.9 Å². The molecule has 0 aromatic heterocycles. The van der Waals surface area contributed by atoms with Gasteiger partial charge in [0.15, 0.2) is 0 Å². The van der Waals surface area contributed by atoms with Gasteiger partial charge in [0.2, 0.25) is 5.91 Å². The van der Waals surface area contributed by atoms with Crippen molar-refractivity contribution in [3.05, 3.63) is 34.3 Å². The summed E-state index contributed by atoms with van der Waals surface area (Å²) in [7, 11) is 0. The van der Waals surface area contributed by atoms with Gasteiger partial charge in [-0.1, -0.05) is 28.1 Å². The van der Waals surface area contributed by atoms with E-state index in [2.05, 4.69) is 15.9 Å². The zero-order chi connectivity index (χ0) is 15.9. The van der Waals surface area contributed by atoms with E-state index >= 15 is 0 Å². The van der Waals surface area contributed by atoms with Gasteiger partial charge in [0.05, 0.1) is 6.10 Å². The number of aliphatic carboxylic acids is 1. The van der Waals surface area contributed by atoms with E-state index in [9.17, 15) is 9.59 Å². The van der Waals surface area contributed by atoms with Crippen LogP contribution in [-0.4, -0.2) is 41.1 Å². The number of rotatable bonds is 7. The van der Waals surface area contributed by atoms with Crippen LogP contribution in [0.5, 0.6) is 0 Å². The maximum absolute atomic E-state index is 12.3. The van der Waals surface area contributed by atoms with Crippen molar-refractivity contribution in [2.45, 2.75) is 38.3 Å². The fraction of sp³-hybridized carbons (Fsp3) is 0.500. The molecule has 0 bridgehead atoms. The van der Waals surface area contributed by atoms with Gasteiger partial charge in [0.25, 0.3) is 0 Å². The maximum Gasteiger partial charge on any atom is 0.323 e. The molecule has 1 aliphatic rings. The molecule has 1 saturated heterocycles. The summed E-state index contributed by atoms with van der Waals surface area (Å²) >= 11 is 3.38. The molecule has 0 aliphatic carbocycles. The molecule has 22 heavy (non-hydrogen) atoms. The Morgan fingerprint density at radius 2 is 2.23 bits per heavy atom. The second-order valence-electron chi connectivity index (χ2n) is 5.45. The Morgan fingerprint density at radius 1 is 1.41 bits per heavy atom. The lowest BCUT2D eigenvalue weighted by Crippen LogP contribution is -2.35. The summed E-state index contributed by atoms with van der Waals surface area (Å²) in [6.45, 7) is 0.780. The van der Waals surface area contributed by atoms with Crippen LogP contribution in [0.3, 0.4) is 0 Å². The van der Waals surface area contributed by atoms with Gasteiger partial charge < -0.3 is 14.7 Å². The topological polar surface area (TPSA) is 66.8 Å². The highest BCUT2D eigenvalue weighted by Gasteiger charge is 2.21. The molecule has 1 unspecified atom stereocenters. The minimum atomic E-state index is -1.000. The average Bonchev–Trinajstić information content (AvgIpc) is 2.97. The number of carboxylic acids is 1. The number of hydrogen-bond acceptors (Lipinski definition) is 3. The van der Waals surface area contributed by atoms with Crippen LogP contribution in [0.4, 0.5) is 0 Å². The number of hydrogen-bond donors (Lipinski definition) is 1. The highest BCUT2D eigenvalue weighted by atomic mass is 79.9. The Balaban J connectivity index is 1.94. The number of nitrogens with zero attached hydrogens (tertiary/aromatic N) is 1. The molecule has 1 N–H and O–H groups in total. The smallest absolute Gasteiger partial charge is 0.323 e. The van der Waals surface area contributed by atoms with E-state index in [1.54, 1.807) is 0 Å². The summed E-state index contributed by atoms with van der Waals surface area (Å²) in [5.41, 5.74) is 0.904. The van der Waals surface area contributed by atoms with Crippen molar-refractivity contribution in [3.8, 4) is 0 Å². The molecule has 1 heterocycles. The largest absolute Gasteiger partial charge is 0.480 e. The second-order valence-corrected chi connectivity index (χ2v) is 6.36. The Labute approximate surface area is 138 Å². The van der Waals surface area contributed by atoms with Crippen LogP contribution in [0, 0.1) is 0 Å². The quantitative estimate of drug-likeness (QED) is 0.802. The number of carbonyl (C=O) groups is 2. The standard InChI is InChI=1S/C16H20BrNO4/c17-13-4-1-3-12(9-13)10-18(11-16(20)21)15(19)7-6-14-5-2-8-22-14/h1,3-4,9,14H,2,5-8,10-11H2,(H,20,21). The summed E-state index contributed by atoms with van der Waals surface area (Å²) in [6.07, 6.45) is 3.15. The number of benzene rings is 1. The van der Waals surface area contributed by atoms with E-state index in [1.807, 2.05) is 24.3 Å². The first-order chi connectivity index (χ1) is 10.5. The van der Waals surface area contributed by atoms with Gasteiger partial charge >= 0.3 is 5.97 Å². The highest BCUT2D eigenvalue weighted by Crippen LogP contribution is 2.18. The molecule has 0 radical (unpaired) electrons. The van der Waals surface area contributed by atoms with Crippen molar-refractivity contribution in [3.63, 3.8) is 0 Å². The molecule has 0 spiro atoms. The first-order valence-electron chi connectivity index (χ1n) is 7.40. The zero-order valence-electron chi connectivity index (χ0n) is 12.3. The van der Waals surface area contributed by atoms with Crippen LogP contribution in [0.2, 0.25) is 0 Å². The van der Waals surface area contributed by atoms with E-state index in [0.717, 1.165) is 29.5 Å². The molecular weight excluding hydrogens is 350 g/mol. The molecule has 1 fully saturated rings. The highest BCUT2D eigenvalue weighted by molar-refractivity contribution is 9.10. The number of amides is 1. The van der Waals surface area contributed by atoms with Crippen molar-refractivity contribution in [1.82, 2.24) is 4.90 Å². The third kappa shape index (κ3) is 5.42. The number of carboxylic acid groups (broad SMARTS) is 1. The predicted octanol–water partition coefficient (Wildman–Crippen LogP) is 2.82. The fourth-order valence-electron chi connectivity index (χ4n) is 2.57. The maximum atomic E-state index is 12.3.